The van der Waals surface area contributed by atoms with E-state index >= 15 is 0 Å². The van der Waals surface area contributed by atoms with Gasteiger partial charge in [-0.1, -0.05) is 12.8 Å². The Morgan fingerprint density at radius 1 is 1.28 bits per heavy atom. The van der Waals surface area contributed by atoms with E-state index in [-0.39, 0.29) is 10.6 Å². The van der Waals surface area contributed by atoms with Crippen LogP contribution in [0.1, 0.15) is 26.2 Å². The third-order valence-electron chi connectivity index (χ3n) is 3.09. The summed E-state index contributed by atoms with van der Waals surface area (Å²) in [6.45, 7) is 3.61. The minimum absolute atomic E-state index is 0.127. The molecule has 98 valence electrons. The number of rotatable bonds is 7. The average molecular weight is 249 g/mol. The molecule has 5 heteroatoms. The molecule has 1 aliphatic rings. The SMILES string of the molecule is CCNc1cc(NCCC2CC2)cc([N+](=O)[O-])c1. The highest BCUT2D eigenvalue weighted by Gasteiger charge is 2.20. The first-order valence-corrected chi connectivity index (χ1v) is 6.46. The van der Waals surface area contributed by atoms with Crippen LogP contribution in [0.15, 0.2) is 18.2 Å². The molecular formula is C13H19N3O2. The smallest absolute Gasteiger partial charge is 0.273 e. The van der Waals surface area contributed by atoms with Crippen LogP contribution in [0.4, 0.5) is 17.1 Å². The Hall–Kier alpha value is -1.78. The van der Waals surface area contributed by atoms with E-state index in [2.05, 4.69) is 10.6 Å². The van der Waals surface area contributed by atoms with E-state index in [1.165, 1.54) is 12.8 Å². The number of nitro groups is 1. The molecular weight excluding hydrogens is 230 g/mol. The summed E-state index contributed by atoms with van der Waals surface area (Å²) in [5.74, 6) is 0.865. The van der Waals surface area contributed by atoms with Crippen molar-refractivity contribution in [1.82, 2.24) is 0 Å². The number of nitrogens with zero attached hydrogens (tertiary/aromatic N) is 1. The Morgan fingerprint density at radius 2 is 1.94 bits per heavy atom. The van der Waals surface area contributed by atoms with Gasteiger partial charge in [0.05, 0.1) is 4.92 Å². The van der Waals surface area contributed by atoms with Crippen molar-refractivity contribution in [3.63, 3.8) is 0 Å². The quantitative estimate of drug-likeness (QED) is 0.575. The van der Waals surface area contributed by atoms with Crippen molar-refractivity contribution >= 4 is 17.1 Å². The highest BCUT2D eigenvalue weighted by atomic mass is 16.6. The first-order chi connectivity index (χ1) is 8.69. The van der Waals surface area contributed by atoms with E-state index in [1.54, 1.807) is 12.1 Å². The fourth-order valence-electron chi connectivity index (χ4n) is 1.95. The molecule has 0 radical (unpaired) electrons. The first kappa shape index (κ1) is 12.7. The van der Waals surface area contributed by atoms with Crippen LogP contribution in [-0.4, -0.2) is 18.0 Å². The predicted octanol–water partition coefficient (Wildman–Crippen LogP) is 3.24. The van der Waals surface area contributed by atoms with Crippen LogP contribution >= 0.6 is 0 Å². The molecule has 1 fully saturated rings. The van der Waals surface area contributed by atoms with Gasteiger partial charge in [0.15, 0.2) is 0 Å². The molecule has 0 spiro atoms. The van der Waals surface area contributed by atoms with Gasteiger partial charge in [-0.15, -0.1) is 0 Å². The monoisotopic (exact) mass is 249 g/mol. The third-order valence-corrected chi connectivity index (χ3v) is 3.09. The lowest BCUT2D eigenvalue weighted by atomic mass is 10.2. The van der Waals surface area contributed by atoms with Crippen LogP contribution in [0.25, 0.3) is 0 Å². The maximum absolute atomic E-state index is 10.9. The minimum Gasteiger partial charge on any atom is -0.385 e. The summed E-state index contributed by atoms with van der Waals surface area (Å²) in [7, 11) is 0. The fraction of sp³-hybridized carbons (Fsp3) is 0.538. The number of nitro benzene ring substituents is 1. The van der Waals surface area contributed by atoms with Gasteiger partial charge in [-0.25, -0.2) is 0 Å². The fourth-order valence-corrected chi connectivity index (χ4v) is 1.95. The van der Waals surface area contributed by atoms with Crippen LogP contribution in [-0.2, 0) is 0 Å². The predicted molar refractivity (Wildman–Crippen MR) is 73.1 cm³/mol. The normalized spacial score (nSPS) is 14.3. The van der Waals surface area contributed by atoms with Gasteiger partial charge in [0, 0.05) is 36.6 Å². The number of anilines is 2. The molecule has 0 saturated heterocycles. The second kappa shape index (κ2) is 5.71. The van der Waals surface area contributed by atoms with Gasteiger partial charge >= 0.3 is 0 Å². The Kier molecular flexibility index (Phi) is 4.02. The van der Waals surface area contributed by atoms with Crippen molar-refractivity contribution in [2.45, 2.75) is 26.2 Å². The Bertz CT molecular complexity index is 430. The summed E-state index contributed by atoms with van der Waals surface area (Å²) in [4.78, 5) is 10.5. The topological polar surface area (TPSA) is 67.2 Å². The van der Waals surface area contributed by atoms with Crippen molar-refractivity contribution < 1.29 is 4.92 Å². The molecule has 1 aliphatic carbocycles. The maximum atomic E-state index is 10.9. The molecule has 1 aromatic carbocycles. The van der Waals surface area contributed by atoms with E-state index in [9.17, 15) is 10.1 Å². The molecule has 0 heterocycles. The zero-order valence-electron chi connectivity index (χ0n) is 10.6. The lowest BCUT2D eigenvalue weighted by molar-refractivity contribution is -0.384. The van der Waals surface area contributed by atoms with Gasteiger partial charge in [-0.2, -0.15) is 0 Å². The Morgan fingerprint density at radius 3 is 2.50 bits per heavy atom. The summed E-state index contributed by atoms with van der Waals surface area (Å²) in [6.07, 6.45) is 3.82. The lowest BCUT2D eigenvalue weighted by Crippen LogP contribution is -2.04. The third kappa shape index (κ3) is 3.61. The number of hydrogen-bond donors (Lipinski definition) is 2. The van der Waals surface area contributed by atoms with Gasteiger partial charge in [-0.05, 0) is 25.3 Å². The molecule has 0 amide bonds. The lowest BCUT2D eigenvalue weighted by Gasteiger charge is -2.09. The molecule has 5 nitrogen and oxygen atoms in total. The number of nitrogens with one attached hydrogen (secondary N) is 2. The summed E-state index contributed by atoms with van der Waals surface area (Å²) < 4.78 is 0. The van der Waals surface area contributed by atoms with Crippen molar-refractivity contribution in [1.29, 1.82) is 0 Å². The van der Waals surface area contributed by atoms with E-state index in [0.29, 0.717) is 0 Å². The van der Waals surface area contributed by atoms with Gasteiger partial charge in [-0.3, -0.25) is 10.1 Å². The van der Waals surface area contributed by atoms with Crippen LogP contribution in [0.5, 0.6) is 0 Å². The van der Waals surface area contributed by atoms with E-state index in [0.717, 1.165) is 36.8 Å². The van der Waals surface area contributed by atoms with Crippen LogP contribution in [0, 0.1) is 16.0 Å². The van der Waals surface area contributed by atoms with Crippen molar-refractivity contribution in [3.05, 3.63) is 28.3 Å². The number of hydrogen-bond acceptors (Lipinski definition) is 4. The van der Waals surface area contributed by atoms with Crippen molar-refractivity contribution in [2.24, 2.45) is 5.92 Å². The molecule has 0 atom stereocenters. The molecule has 0 unspecified atom stereocenters. The number of non-ortho nitro benzene ring substituents is 1. The number of benzene rings is 1. The molecule has 0 aromatic heterocycles. The molecule has 2 rings (SSSR count). The van der Waals surface area contributed by atoms with E-state index in [4.69, 9.17) is 0 Å². The zero-order valence-corrected chi connectivity index (χ0v) is 10.6. The average Bonchev–Trinajstić information content (AvgIpc) is 3.13. The van der Waals surface area contributed by atoms with Crippen LogP contribution < -0.4 is 10.6 Å². The first-order valence-electron chi connectivity index (χ1n) is 6.46. The van der Waals surface area contributed by atoms with Crippen molar-refractivity contribution in [2.75, 3.05) is 23.7 Å². The summed E-state index contributed by atoms with van der Waals surface area (Å²) >= 11 is 0. The standard InChI is InChI=1S/C13H19N3O2/c1-2-14-11-7-12(9-13(8-11)16(17)18)15-6-5-10-3-4-10/h7-10,14-15H,2-6H2,1H3. The van der Waals surface area contributed by atoms with Crippen LogP contribution in [0.3, 0.4) is 0 Å². The highest BCUT2D eigenvalue weighted by molar-refractivity contribution is 5.63. The van der Waals surface area contributed by atoms with Crippen LogP contribution in [0.2, 0.25) is 0 Å². The van der Waals surface area contributed by atoms with Gasteiger partial charge in [0.2, 0.25) is 0 Å². The molecule has 1 saturated carbocycles. The second-order valence-corrected chi connectivity index (χ2v) is 4.71. The molecule has 18 heavy (non-hydrogen) atoms. The van der Waals surface area contributed by atoms with Gasteiger partial charge < -0.3 is 10.6 Å². The Labute approximate surface area is 107 Å². The minimum atomic E-state index is -0.354. The Balaban J connectivity index is 2.03. The highest BCUT2D eigenvalue weighted by Crippen LogP contribution is 2.32. The molecule has 2 N–H and O–H groups in total. The summed E-state index contributed by atoms with van der Waals surface area (Å²) in [5, 5.41) is 17.2. The maximum Gasteiger partial charge on any atom is 0.273 e. The summed E-state index contributed by atoms with van der Waals surface area (Å²) in [5.41, 5.74) is 1.74. The van der Waals surface area contributed by atoms with Gasteiger partial charge in [0.25, 0.3) is 5.69 Å². The molecule has 1 aromatic rings. The molecule has 0 aliphatic heterocycles. The van der Waals surface area contributed by atoms with Crippen molar-refractivity contribution in [3.8, 4) is 0 Å². The second-order valence-electron chi connectivity index (χ2n) is 4.71. The van der Waals surface area contributed by atoms with Gasteiger partial charge in [0.1, 0.15) is 0 Å². The van der Waals surface area contributed by atoms with E-state index < -0.39 is 0 Å². The largest absolute Gasteiger partial charge is 0.385 e. The van der Waals surface area contributed by atoms with E-state index in [1.807, 2.05) is 13.0 Å². The summed E-state index contributed by atoms with van der Waals surface area (Å²) in [6, 6.07) is 5.08. The zero-order chi connectivity index (χ0) is 13.0. The molecule has 0 bridgehead atoms.